The van der Waals surface area contributed by atoms with Gasteiger partial charge in [0.1, 0.15) is 0 Å². The molecule has 1 amide bonds. The average Bonchev–Trinajstić information content (AvgIpc) is 2.33. The van der Waals surface area contributed by atoms with Crippen LogP contribution in [0.5, 0.6) is 0 Å². The summed E-state index contributed by atoms with van der Waals surface area (Å²) in [7, 11) is 2.11. The molecular formula is C13H25N3O. The van der Waals surface area contributed by atoms with E-state index in [1.54, 1.807) is 0 Å². The van der Waals surface area contributed by atoms with Crippen LogP contribution >= 0.6 is 0 Å². The van der Waals surface area contributed by atoms with Crippen LogP contribution in [0.25, 0.3) is 0 Å². The Bertz CT molecular complexity index is 274. The van der Waals surface area contributed by atoms with E-state index in [1.807, 2.05) is 4.90 Å². The number of amides is 1. The van der Waals surface area contributed by atoms with Crippen LogP contribution in [0.15, 0.2) is 0 Å². The van der Waals surface area contributed by atoms with Crippen LogP contribution in [-0.2, 0) is 4.79 Å². The van der Waals surface area contributed by atoms with Crippen LogP contribution in [0.2, 0.25) is 0 Å². The molecule has 3 atom stereocenters. The van der Waals surface area contributed by atoms with Gasteiger partial charge in [-0.3, -0.25) is 4.79 Å². The minimum absolute atomic E-state index is 0.230. The Morgan fingerprint density at radius 3 is 2.41 bits per heavy atom. The molecular weight excluding hydrogens is 214 g/mol. The van der Waals surface area contributed by atoms with Crippen LogP contribution in [0.4, 0.5) is 0 Å². The van der Waals surface area contributed by atoms with Crippen molar-refractivity contribution >= 4 is 5.91 Å². The quantitative estimate of drug-likeness (QED) is 0.726. The number of hydrogen-bond acceptors (Lipinski definition) is 3. The molecule has 1 saturated heterocycles. The minimum Gasteiger partial charge on any atom is -0.340 e. The lowest BCUT2D eigenvalue weighted by atomic mass is 9.78. The van der Waals surface area contributed by atoms with Crippen LogP contribution in [0, 0.1) is 11.8 Å². The molecule has 4 nitrogen and oxygen atoms in total. The SMILES string of the molecule is CC1CC(C(=O)N2CCN(C)CC2)CCC1N. The van der Waals surface area contributed by atoms with E-state index < -0.39 is 0 Å². The van der Waals surface area contributed by atoms with E-state index in [4.69, 9.17) is 5.73 Å². The molecule has 0 spiro atoms. The van der Waals surface area contributed by atoms with Crippen molar-refractivity contribution in [2.75, 3.05) is 33.2 Å². The number of likely N-dealkylation sites (N-methyl/N-ethyl adjacent to an activating group) is 1. The molecule has 1 saturated carbocycles. The molecule has 1 aliphatic carbocycles. The van der Waals surface area contributed by atoms with Gasteiger partial charge in [-0.05, 0) is 32.2 Å². The molecule has 3 unspecified atom stereocenters. The fraction of sp³-hybridized carbons (Fsp3) is 0.923. The van der Waals surface area contributed by atoms with Gasteiger partial charge in [0.25, 0.3) is 0 Å². The van der Waals surface area contributed by atoms with Gasteiger partial charge in [-0.2, -0.15) is 0 Å². The number of carbonyl (C=O) groups excluding carboxylic acids is 1. The van der Waals surface area contributed by atoms with Crippen molar-refractivity contribution in [1.29, 1.82) is 0 Å². The second-order valence-corrected chi connectivity index (χ2v) is 5.78. The molecule has 98 valence electrons. The summed E-state index contributed by atoms with van der Waals surface area (Å²) >= 11 is 0. The van der Waals surface area contributed by atoms with Crippen LogP contribution in [0.3, 0.4) is 0 Å². The normalized spacial score (nSPS) is 35.9. The smallest absolute Gasteiger partial charge is 0.225 e. The van der Waals surface area contributed by atoms with Gasteiger partial charge in [-0.15, -0.1) is 0 Å². The van der Waals surface area contributed by atoms with E-state index in [2.05, 4.69) is 18.9 Å². The first-order chi connectivity index (χ1) is 8.08. The number of carbonyl (C=O) groups is 1. The molecule has 17 heavy (non-hydrogen) atoms. The van der Waals surface area contributed by atoms with Crippen LogP contribution in [-0.4, -0.2) is 55.0 Å². The molecule has 2 aliphatic rings. The lowest BCUT2D eigenvalue weighted by Gasteiger charge is -2.37. The van der Waals surface area contributed by atoms with E-state index in [0.29, 0.717) is 17.9 Å². The van der Waals surface area contributed by atoms with Crippen LogP contribution < -0.4 is 5.73 Å². The Kier molecular flexibility index (Phi) is 4.05. The predicted octanol–water partition coefficient (Wildman–Crippen LogP) is 0.524. The maximum Gasteiger partial charge on any atom is 0.225 e. The molecule has 0 aromatic heterocycles. The summed E-state index contributed by atoms with van der Waals surface area (Å²) in [5.41, 5.74) is 6.01. The monoisotopic (exact) mass is 239 g/mol. The largest absolute Gasteiger partial charge is 0.340 e. The topological polar surface area (TPSA) is 49.6 Å². The standard InChI is InChI=1S/C13H25N3O/c1-10-9-11(3-4-12(10)14)13(17)16-7-5-15(2)6-8-16/h10-12H,3-9,14H2,1-2H3. The van der Waals surface area contributed by atoms with Crippen molar-refractivity contribution in [3.05, 3.63) is 0 Å². The van der Waals surface area contributed by atoms with E-state index in [1.165, 1.54) is 0 Å². The zero-order valence-corrected chi connectivity index (χ0v) is 11.1. The molecule has 2 rings (SSSR count). The highest BCUT2D eigenvalue weighted by Gasteiger charge is 2.32. The van der Waals surface area contributed by atoms with E-state index >= 15 is 0 Å². The summed E-state index contributed by atoms with van der Waals surface area (Å²) < 4.78 is 0. The maximum atomic E-state index is 12.4. The van der Waals surface area contributed by atoms with E-state index in [-0.39, 0.29) is 5.92 Å². The van der Waals surface area contributed by atoms with Crippen molar-refractivity contribution in [2.24, 2.45) is 17.6 Å². The molecule has 0 aromatic carbocycles. The molecule has 1 heterocycles. The zero-order valence-electron chi connectivity index (χ0n) is 11.1. The Balaban J connectivity index is 1.87. The number of piperazine rings is 1. The molecule has 0 bridgehead atoms. The molecule has 2 fully saturated rings. The summed E-state index contributed by atoms with van der Waals surface area (Å²) in [6.07, 6.45) is 2.97. The number of hydrogen-bond donors (Lipinski definition) is 1. The van der Waals surface area contributed by atoms with Gasteiger partial charge in [0, 0.05) is 38.1 Å². The third kappa shape index (κ3) is 2.99. The second-order valence-electron chi connectivity index (χ2n) is 5.78. The second kappa shape index (κ2) is 5.36. The summed E-state index contributed by atoms with van der Waals surface area (Å²) in [5, 5.41) is 0. The van der Waals surface area contributed by atoms with Gasteiger partial charge >= 0.3 is 0 Å². The van der Waals surface area contributed by atoms with Crippen LogP contribution in [0.1, 0.15) is 26.2 Å². The minimum atomic E-state index is 0.230. The third-order valence-electron chi connectivity index (χ3n) is 4.40. The first-order valence-corrected chi connectivity index (χ1v) is 6.81. The van der Waals surface area contributed by atoms with E-state index in [9.17, 15) is 4.79 Å². The average molecular weight is 239 g/mol. The highest BCUT2D eigenvalue weighted by molar-refractivity contribution is 5.79. The first kappa shape index (κ1) is 12.8. The number of rotatable bonds is 1. The predicted molar refractivity (Wildman–Crippen MR) is 68.6 cm³/mol. The fourth-order valence-corrected chi connectivity index (χ4v) is 2.93. The molecule has 0 radical (unpaired) electrons. The Hall–Kier alpha value is -0.610. The molecule has 2 N–H and O–H groups in total. The Morgan fingerprint density at radius 1 is 1.18 bits per heavy atom. The van der Waals surface area contributed by atoms with Gasteiger partial charge < -0.3 is 15.5 Å². The van der Waals surface area contributed by atoms with Gasteiger partial charge in [-0.1, -0.05) is 6.92 Å². The van der Waals surface area contributed by atoms with Gasteiger partial charge in [0.15, 0.2) is 0 Å². The van der Waals surface area contributed by atoms with Crippen molar-refractivity contribution < 1.29 is 4.79 Å². The van der Waals surface area contributed by atoms with Crippen molar-refractivity contribution in [2.45, 2.75) is 32.2 Å². The zero-order chi connectivity index (χ0) is 12.4. The summed E-state index contributed by atoms with van der Waals surface area (Å²) in [5.74, 6) is 1.09. The molecule has 0 aromatic rings. The molecule has 4 heteroatoms. The molecule has 1 aliphatic heterocycles. The van der Waals surface area contributed by atoms with Gasteiger partial charge in [0.2, 0.25) is 5.91 Å². The fourth-order valence-electron chi connectivity index (χ4n) is 2.93. The highest BCUT2D eigenvalue weighted by atomic mass is 16.2. The highest BCUT2D eigenvalue weighted by Crippen LogP contribution is 2.29. The number of nitrogens with two attached hydrogens (primary N) is 1. The van der Waals surface area contributed by atoms with Crippen molar-refractivity contribution in [3.63, 3.8) is 0 Å². The lowest BCUT2D eigenvalue weighted by Crippen LogP contribution is -2.50. The Morgan fingerprint density at radius 2 is 1.82 bits per heavy atom. The van der Waals surface area contributed by atoms with Crippen molar-refractivity contribution in [3.8, 4) is 0 Å². The summed E-state index contributed by atoms with van der Waals surface area (Å²) in [6, 6.07) is 0.298. The third-order valence-corrected chi connectivity index (χ3v) is 4.40. The summed E-state index contributed by atoms with van der Waals surface area (Å²) in [4.78, 5) is 16.7. The van der Waals surface area contributed by atoms with E-state index in [0.717, 1.165) is 45.4 Å². The van der Waals surface area contributed by atoms with Gasteiger partial charge in [-0.25, -0.2) is 0 Å². The maximum absolute atomic E-state index is 12.4. The number of nitrogens with zero attached hydrogens (tertiary/aromatic N) is 2. The van der Waals surface area contributed by atoms with Crippen molar-refractivity contribution in [1.82, 2.24) is 9.80 Å². The Labute approximate surface area is 104 Å². The van der Waals surface area contributed by atoms with Gasteiger partial charge in [0.05, 0.1) is 0 Å². The summed E-state index contributed by atoms with van der Waals surface area (Å²) in [6.45, 7) is 5.98. The lowest BCUT2D eigenvalue weighted by molar-refractivity contribution is -0.138. The first-order valence-electron chi connectivity index (χ1n) is 6.81.